The topological polar surface area (TPSA) is 9.23 Å². The Labute approximate surface area is 115 Å². The molecule has 0 aromatic heterocycles. The molecular weight excluding hydrogens is 232 g/mol. The van der Waals surface area contributed by atoms with Crippen LogP contribution in [0.1, 0.15) is 25.0 Å². The van der Waals surface area contributed by atoms with Crippen molar-refractivity contribution in [3.63, 3.8) is 0 Å². The molecule has 0 unspecified atom stereocenters. The molecule has 0 aliphatic rings. The quantitative estimate of drug-likeness (QED) is 0.699. The molecule has 2 rings (SSSR count). The van der Waals surface area contributed by atoms with E-state index in [4.69, 9.17) is 4.74 Å². The van der Waals surface area contributed by atoms with E-state index in [0.29, 0.717) is 6.61 Å². The second-order valence-electron chi connectivity index (χ2n) is 5.23. The standard InChI is InChI=1S/C18H20O/c1-4-18(2,3)16-11-8-12-17(13-16)19-14-15-9-6-5-7-10-15/h4-13H,1,14H2,2-3H3. The van der Waals surface area contributed by atoms with E-state index in [2.05, 4.69) is 44.7 Å². The van der Waals surface area contributed by atoms with Crippen molar-refractivity contribution in [1.82, 2.24) is 0 Å². The van der Waals surface area contributed by atoms with Gasteiger partial charge in [0.15, 0.2) is 0 Å². The van der Waals surface area contributed by atoms with Crippen molar-refractivity contribution in [3.8, 4) is 5.75 Å². The Bertz CT molecular complexity index is 541. The molecule has 0 amide bonds. The van der Waals surface area contributed by atoms with Crippen molar-refractivity contribution < 1.29 is 4.74 Å². The summed E-state index contributed by atoms with van der Waals surface area (Å²) in [5.41, 5.74) is 2.36. The van der Waals surface area contributed by atoms with Gasteiger partial charge in [-0.25, -0.2) is 0 Å². The Kier molecular flexibility index (Phi) is 4.06. The van der Waals surface area contributed by atoms with Crippen LogP contribution < -0.4 is 4.74 Å². The first-order chi connectivity index (χ1) is 9.12. The van der Waals surface area contributed by atoms with Crippen LogP contribution in [0.4, 0.5) is 0 Å². The second-order valence-corrected chi connectivity index (χ2v) is 5.23. The predicted octanol–water partition coefficient (Wildman–Crippen LogP) is 4.73. The lowest BCUT2D eigenvalue weighted by Crippen LogP contribution is -2.12. The Morgan fingerprint density at radius 2 is 1.79 bits per heavy atom. The Morgan fingerprint density at radius 3 is 2.47 bits per heavy atom. The van der Waals surface area contributed by atoms with Gasteiger partial charge in [0, 0.05) is 5.41 Å². The molecule has 2 aromatic carbocycles. The van der Waals surface area contributed by atoms with Gasteiger partial charge in [-0.15, -0.1) is 6.58 Å². The zero-order chi connectivity index (χ0) is 13.7. The first-order valence-corrected chi connectivity index (χ1v) is 6.53. The maximum atomic E-state index is 5.84. The molecule has 0 fully saturated rings. The summed E-state index contributed by atoms with van der Waals surface area (Å²) < 4.78 is 5.84. The molecule has 0 aliphatic carbocycles. The molecule has 0 heterocycles. The SMILES string of the molecule is C=CC(C)(C)c1cccc(OCc2ccccc2)c1. The molecule has 1 heteroatoms. The van der Waals surface area contributed by atoms with Gasteiger partial charge >= 0.3 is 0 Å². The Morgan fingerprint density at radius 1 is 1.05 bits per heavy atom. The van der Waals surface area contributed by atoms with E-state index >= 15 is 0 Å². The number of benzene rings is 2. The van der Waals surface area contributed by atoms with Crippen LogP contribution in [-0.2, 0) is 12.0 Å². The largest absolute Gasteiger partial charge is 0.489 e. The summed E-state index contributed by atoms with van der Waals surface area (Å²) >= 11 is 0. The summed E-state index contributed by atoms with van der Waals surface area (Å²) in [6.45, 7) is 8.79. The third kappa shape index (κ3) is 3.47. The third-order valence-corrected chi connectivity index (χ3v) is 3.34. The predicted molar refractivity (Wildman–Crippen MR) is 80.4 cm³/mol. The maximum Gasteiger partial charge on any atom is 0.120 e. The van der Waals surface area contributed by atoms with Crippen molar-refractivity contribution in [3.05, 3.63) is 78.4 Å². The lowest BCUT2D eigenvalue weighted by atomic mass is 9.85. The molecule has 0 saturated heterocycles. The van der Waals surface area contributed by atoms with Crippen molar-refractivity contribution >= 4 is 0 Å². The molecule has 0 aliphatic heterocycles. The van der Waals surface area contributed by atoms with Gasteiger partial charge in [0.25, 0.3) is 0 Å². The average molecular weight is 252 g/mol. The van der Waals surface area contributed by atoms with Gasteiger partial charge < -0.3 is 4.74 Å². The van der Waals surface area contributed by atoms with Gasteiger partial charge in [-0.1, -0.05) is 62.4 Å². The maximum absolute atomic E-state index is 5.84. The van der Waals surface area contributed by atoms with Gasteiger partial charge in [0.05, 0.1) is 0 Å². The highest BCUT2D eigenvalue weighted by Crippen LogP contribution is 2.27. The Balaban J connectivity index is 2.10. The summed E-state index contributed by atoms with van der Waals surface area (Å²) in [5, 5.41) is 0. The van der Waals surface area contributed by atoms with Crippen LogP contribution in [-0.4, -0.2) is 0 Å². The normalized spacial score (nSPS) is 11.1. The highest BCUT2D eigenvalue weighted by Gasteiger charge is 2.16. The van der Waals surface area contributed by atoms with Crippen LogP contribution in [0.5, 0.6) is 5.75 Å². The highest BCUT2D eigenvalue weighted by molar-refractivity contribution is 5.35. The van der Waals surface area contributed by atoms with E-state index in [-0.39, 0.29) is 5.41 Å². The van der Waals surface area contributed by atoms with Gasteiger partial charge in [0.2, 0.25) is 0 Å². The van der Waals surface area contributed by atoms with Crippen LogP contribution in [0, 0.1) is 0 Å². The molecular formula is C18H20O. The molecule has 0 saturated carbocycles. The number of ether oxygens (including phenoxy) is 1. The van der Waals surface area contributed by atoms with Crippen molar-refractivity contribution in [2.24, 2.45) is 0 Å². The monoisotopic (exact) mass is 252 g/mol. The molecule has 0 spiro atoms. The molecule has 0 radical (unpaired) electrons. The third-order valence-electron chi connectivity index (χ3n) is 3.34. The summed E-state index contributed by atoms with van der Waals surface area (Å²) in [4.78, 5) is 0. The molecule has 2 aromatic rings. The summed E-state index contributed by atoms with van der Waals surface area (Å²) in [5.74, 6) is 0.899. The van der Waals surface area contributed by atoms with E-state index in [9.17, 15) is 0 Å². The second kappa shape index (κ2) is 5.75. The van der Waals surface area contributed by atoms with Gasteiger partial charge in [-0.3, -0.25) is 0 Å². The van der Waals surface area contributed by atoms with E-state index < -0.39 is 0 Å². The zero-order valence-corrected chi connectivity index (χ0v) is 11.6. The number of hydrogen-bond donors (Lipinski definition) is 0. The fourth-order valence-electron chi connectivity index (χ4n) is 1.85. The molecule has 98 valence electrons. The molecule has 0 atom stereocenters. The van der Waals surface area contributed by atoms with Crippen molar-refractivity contribution in [2.45, 2.75) is 25.9 Å². The van der Waals surface area contributed by atoms with Crippen LogP contribution in [0.25, 0.3) is 0 Å². The summed E-state index contributed by atoms with van der Waals surface area (Å²) in [6.07, 6.45) is 1.96. The first kappa shape index (κ1) is 13.4. The van der Waals surface area contributed by atoms with Gasteiger partial charge in [0.1, 0.15) is 12.4 Å². The van der Waals surface area contributed by atoms with Gasteiger partial charge in [-0.05, 0) is 23.3 Å². The Hall–Kier alpha value is -2.02. The van der Waals surface area contributed by atoms with Gasteiger partial charge in [-0.2, -0.15) is 0 Å². The smallest absolute Gasteiger partial charge is 0.120 e. The fraction of sp³-hybridized carbons (Fsp3) is 0.222. The van der Waals surface area contributed by atoms with Crippen molar-refractivity contribution in [1.29, 1.82) is 0 Å². The van der Waals surface area contributed by atoms with E-state index in [1.54, 1.807) is 0 Å². The lowest BCUT2D eigenvalue weighted by molar-refractivity contribution is 0.305. The minimum atomic E-state index is -0.0356. The van der Waals surface area contributed by atoms with Crippen LogP contribution in [0.15, 0.2) is 67.3 Å². The van der Waals surface area contributed by atoms with E-state index in [0.717, 1.165) is 5.75 Å². The molecule has 0 N–H and O–H groups in total. The number of allylic oxidation sites excluding steroid dienone is 1. The molecule has 1 nitrogen and oxygen atoms in total. The van der Waals surface area contributed by atoms with E-state index in [1.807, 2.05) is 36.4 Å². The van der Waals surface area contributed by atoms with E-state index in [1.165, 1.54) is 11.1 Å². The van der Waals surface area contributed by atoms with Crippen LogP contribution >= 0.6 is 0 Å². The lowest BCUT2D eigenvalue weighted by Gasteiger charge is -2.21. The highest BCUT2D eigenvalue weighted by atomic mass is 16.5. The van der Waals surface area contributed by atoms with Crippen LogP contribution in [0.2, 0.25) is 0 Å². The fourth-order valence-corrected chi connectivity index (χ4v) is 1.85. The zero-order valence-electron chi connectivity index (χ0n) is 11.6. The average Bonchev–Trinajstić information content (AvgIpc) is 2.46. The molecule has 0 bridgehead atoms. The number of rotatable bonds is 5. The minimum Gasteiger partial charge on any atom is -0.489 e. The van der Waals surface area contributed by atoms with Crippen molar-refractivity contribution in [2.75, 3.05) is 0 Å². The van der Waals surface area contributed by atoms with Crippen LogP contribution in [0.3, 0.4) is 0 Å². The summed E-state index contributed by atoms with van der Waals surface area (Å²) in [7, 11) is 0. The minimum absolute atomic E-state index is 0.0356. The molecule has 19 heavy (non-hydrogen) atoms. The first-order valence-electron chi connectivity index (χ1n) is 6.53. The summed E-state index contributed by atoms with van der Waals surface area (Å²) in [6, 6.07) is 18.4. The number of hydrogen-bond acceptors (Lipinski definition) is 1.